The lowest BCUT2D eigenvalue weighted by atomic mass is 10.1. The van der Waals surface area contributed by atoms with Crippen LogP contribution in [0.3, 0.4) is 0 Å². The van der Waals surface area contributed by atoms with Gasteiger partial charge in [0.2, 0.25) is 0 Å². The van der Waals surface area contributed by atoms with E-state index in [0.717, 1.165) is 61.7 Å². The molecule has 0 spiro atoms. The Balaban J connectivity index is 1.48. The molecule has 148 valence electrons. The van der Waals surface area contributed by atoms with Gasteiger partial charge in [0, 0.05) is 63.8 Å². The van der Waals surface area contributed by atoms with Gasteiger partial charge in [-0.2, -0.15) is 10.2 Å². The summed E-state index contributed by atoms with van der Waals surface area (Å²) in [6.45, 7) is 10.9. The van der Waals surface area contributed by atoms with Crippen LogP contribution in [-0.2, 0) is 20.1 Å². The van der Waals surface area contributed by atoms with Gasteiger partial charge in [0.1, 0.15) is 0 Å². The molecule has 0 aromatic carbocycles. The minimum atomic E-state index is 0.0741. The molecule has 4 heterocycles. The van der Waals surface area contributed by atoms with E-state index in [0.29, 0.717) is 5.56 Å². The van der Waals surface area contributed by atoms with Crippen molar-refractivity contribution in [3.8, 4) is 0 Å². The van der Waals surface area contributed by atoms with Gasteiger partial charge >= 0.3 is 0 Å². The minimum Gasteiger partial charge on any atom is -0.336 e. The van der Waals surface area contributed by atoms with Crippen LogP contribution in [0, 0.1) is 13.8 Å². The molecule has 1 aliphatic heterocycles. The molecule has 28 heavy (non-hydrogen) atoms. The Bertz CT molecular complexity index is 1010. The zero-order chi connectivity index (χ0) is 19.8. The fourth-order valence-electron chi connectivity index (χ4n) is 3.94. The number of aryl methyl sites for hydroxylation is 4. The van der Waals surface area contributed by atoms with E-state index < -0.39 is 0 Å². The fourth-order valence-corrected chi connectivity index (χ4v) is 3.94. The molecule has 0 unspecified atom stereocenters. The van der Waals surface area contributed by atoms with Crippen molar-refractivity contribution in [2.75, 3.05) is 26.2 Å². The van der Waals surface area contributed by atoms with Crippen LogP contribution in [0.4, 0.5) is 0 Å². The Morgan fingerprint density at radius 1 is 1.18 bits per heavy atom. The predicted octanol–water partition coefficient (Wildman–Crippen LogP) is 1.76. The molecule has 0 N–H and O–H groups in total. The first kappa shape index (κ1) is 18.6. The van der Waals surface area contributed by atoms with Crippen molar-refractivity contribution >= 4 is 16.9 Å². The summed E-state index contributed by atoms with van der Waals surface area (Å²) in [6.07, 6.45) is 4.03. The van der Waals surface area contributed by atoms with Crippen LogP contribution in [0.2, 0.25) is 0 Å². The largest absolute Gasteiger partial charge is 0.336 e. The van der Waals surface area contributed by atoms with Crippen molar-refractivity contribution in [3.05, 3.63) is 41.0 Å². The van der Waals surface area contributed by atoms with Crippen LogP contribution in [0.5, 0.6) is 0 Å². The van der Waals surface area contributed by atoms with Crippen molar-refractivity contribution in [1.29, 1.82) is 0 Å². The third-order valence-corrected chi connectivity index (χ3v) is 5.40. The lowest BCUT2D eigenvalue weighted by molar-refractivity contribution is 0.0630. The zero-order valence-corrected chi connectivity index (χ0v) is 17.0. The van der Waals surface area contributed by atoms with Crippen molar-refractivity contribution in [1.82, 2.24) is 34.3 Å². The summed E-state index contributed by atoms with van der Waals surface area (Å²) in [6, 6.07) is 1.89. The highest BCUT2D eigenvalue weighted by Crippen LogP contribution is 2.23. The van der Waals surface area contributed by atoms with Crippen molar-refractivity contribution in [2.24, 2.45) is 7.05 Å². The highest BCUT2D eigenvalue weighted by Gasteiger charge is 2.25. The number of piperazine rings is 1. The summed E-state index contributed by atoms with van der Waals surface area (Å²) < 4.78 is 3.70. The Morgan fingerprint density at radius 3 is 2.61 bits per heavy atom. The van der Waals surface area contributed by atoms with Gasteiger partial charge in [-0.05, 0) is 26.8 Å². The molecule has 8 nitrogen and oxygen atoms in total. The second-order valence-corrected chi connectivity index (χ2v) is 7.49. The van der Waals surface area contributed by atoms with Gasteiger partial charge in [-0.3, -0.25) is 19.1 Å². The number of aromatic nitrogens is 5. The summed E-state index contributed by atoms with van der Waals surface area (Å²) in [5.74, 6) is 0.0741. The van der Waals surface area contributed by atoms with Gasteiger partial charge in [0.05, 0.1) is 22.8 Å². The van der Waals surface area contributed by atoms with Crippen LogP contribution in [0.1, 0.15) is 34.2 Å². The number of fused-ring (bicyclic) bond motifs is 1. The maximum Gasteiger partial charge on any atom is 0.254 e. The molecular weight excluding hydrogens is 354 g/mol. The zero-order valence-electron chi connectivity index (χ0n) is 17.0. The SMILES string of the molecule is CCn1cc(CN2CCN(C(=O)c3cc(C)nc4c3c(C)nn4C)CC2)cn1. The molecule has 4 rings (SSSR count). The van der Waals surface area contributed by atoms with Crippen molar-refractivity contribution in [3.63, 3.8) is 0 Å². The monoisotopic (exact) mass is 381 g/mol. The van der Waals surface area contributed by atoms with Gasteiger partial charge in [0.25, 0.3) is 5.91 Å². The van der Waals surface area contributed by atoms with Crippen LogP contribution >= 0.6 is 0 Å². The molecule has 3 aromatic rings. The van der Waals surface area contributed by atoms with E-state index in [-0.39, 0.29) is 5.91 Å². The molecule has 8 heteroatoms. The first-order valence-corrected chi connectivity index (χ1v) is 9.80. The highest BCUT2D eigenvalue weighted by molar-refractivity contribution is 6.06. The summed E-state index contributed by atoms with van der Waals surface area (Å²) in [4.78, 5) is 22.2. The summed E-state index contributed by atoms with van der Waals surface area (Å²) in [5, 5.41) is 9.66. The number of nitrogens with zero attached hydrogens (tertiary/aromatic N) is 7. The molecule has 1 amide bonds. The molecular formula is C20H27N7O. The van der Waals surface area contributed by atoms with Gasteiger partial charge in [-0.25, -0.2) is 4.98 Å². The molecule has 0 atom stereocenters. The lowest BCUT2D eigenvalue weighted by Gasteiger charge is -2.34. The Labute approximate surface area is 164 Å². The van der Waals surface area contributed by atoms with Crippen LogP contribution in [0.25, 0.3) is 11.0 Å². The number of hydrogen-bond donors (Lipinski definition) is 0. The molecule has 0 saturated carbocycles. The Morgan fingerprint density at radius 2 is 1.93 bits per heavy atom. The van der Waals surface area contributed by atoms with E-state index in [2.05, 4.69) is 33.2 Å². The molecule has 3 aromatic heterocycles. The number of hydrogen-bond acceptors (Lipinski definition) is 5. The quantitative estimate of drug-likeness (QED) is 0.689. The number of carbonyl (C=O) groups is 1. The summed E-state index contributed by atoms with van der Waals surface area (Å²) >= 11 is 0. The van der Waals surface area contributed by atoms with Gasteiger partial charge < -0.3 is 4.90 Å². The Kier molecular flexibility index (Phi) is 4.89. The van der Waals surface area contributed by atoms with Crippen LogP contribution in [-0.4, -0.2) is 66.4 Å². The maximum atomic E-state index is 13.3. The standard InChI is InChI=1S/C20H27N7O/c1-5-27-13-16(11-21-27)12-25-6-8-26(9-7-25)20(28)17-10-14(2)22-19-18(17)15(3)23-24(19)4/h10-11,13H,5-9,12H2,1-4H3. The predicted molar refractivity (Wildman–Crippen MR) is 107 cm³/mol. The number of pyridine rings is 1. The second kappa shape index (κ2) is 7.35. The normalized spacial score (nSPS) is 15.5. The maximum absolute atomic E-state index is 13.3. The van der Waals surface area contributed by atoms with E-state index in [1.165, 1.54) is 5.56 Å². The highest BCUT2D eigenvalue weighted by atomic mass is 16.2. The van der Waals surface area contributed by atoms with Gasteiger partial charge in [0.15, 0.2) is 5.65 Å². The molecule has 0 aliphatic carbocycles. The molecule has 0 radical (unpaired) electrons. The van der Waals surface area contributed by atoms with Crippen LogP contribution in [0.15, 0.2) is 18.5 Å². The van der Waals surface area contributed by atoms with Crippen molar-refractivity contribution < 1.29 is 4.79 Å². The average Bonchev–Trinajstić information content (AvgIpc) is 3.25. The first-order valence-electron chi connectivity index (χ1n) is 9.80. The second-order valence-electron chi connectivity index (χ2n) is 7.49. The third-order valence-electron chi connectivity index (χ3n) is 5.40. The fraction of sp³-hybridized carbons (Fsp3) is 0.500. The minimum absolute atomic E-state index is 0.0741. The van der Waals surface area contributed by atoms with E-state index in [4.69, 9.17) is 0 Å². The first-order chi connectivity index (χ1) is 13.5. The van der Waals surface area contributed by atoms with E-state index >= 15 is 0 Å². The average molecular weight is 381 g/mol. The molecule has 1 saturated heterocycles. The third kappa shape index (κ3) is 3.40. The molecule has 1 fully saturated rings. The van der Waals surface area contributed by atoms with E-state index in [1.54, 1.807) is 4.68 Å². The molecule has 0 bridgehead atoms. The van der Waals surface area contributed by atoms with Crippen LogP contribution < -0.4 is 0 Å². The number of carbonyl (C=O) groups excluding carboxylic acids is 1. The van der Waals surface area contributed by atoms with Crippen molar-refractivity contribution in [2.45, 2.75) is 33.9 Å². The van der Waals surface area contributed by atoms with Gasteiger partial charge in [-0.15, -0.1) is 0 Å². The smallest absolute Gasteiger partial charge is 0.254 e. The topological polar surface area (TPSA) is 72.1 Å². The number of rotatable bonds is 4. The summed E-state index contributed by atoms with van der Waals surface area (Å²) in [5.41, 5.74) is 4.39. The summed E-state index contributed by atoms with van der Waals surface area (Å²) in [7, 11) is 1.87. The Hall–Kier alpha value is -2.74. The van der Waals surface area contributed by atoms with Gasteiger partial charge in [-0.1, -0.05) is 0 Å². The molecule has 1 aliphatic rings. The van der Waals surface area contributed by atoms with E-state index in [9.17, 15) is 4.79 Å². The lowest BCUT2D eigenvalue weighted by Crippen LogP contribution is -2.48. The van der Waals surface area contributed by atoms with E-state index in [1.807, 2.05) is 42.7 Å². The number of amides is 1.